The van der Waals surface area contributed by atoms with E-state index in [9.17, 15) is 4.79 Å². The predicted molar refractivity (Wildman–Crippen MR) is 113 cm³/mol. The Balaban J connectivity index is 1.52. The third-order valence-corrected chi connectivity index (χ3v) is 4.13. The van der Waals surface area contributed by atoms with E-state index in [2.05, 4.69) is 15.8 Å². The molecule has 0 aliphatic rings. The largest absolute Gasteiger partial charge is 0.488 e. The van der Waals surface area contributed by atoms with Crippen LogP contribution < -0.4 is 15.5 Å². The van der Waals surface area contributed by atoms with Gasteiger partial charge in [0.1, 0.15) is 12.4 Å². The zero-order valence-electron chi connectivity index (χ0n) is 15.8. The van der Waals surface area contributed by atoms with Crippen LogP contribution in [0.5, 0.6) is 5.75 Å². The van der Waals surface area contributed by atoms with Crippen LogP contribution in [-0.4, -0.2) is 18.7 Å². The molecule has 142 valence electrons. The van der Waals surface area contributed by atoms with Crippen LogP contribution in [0, 0.1) is 6.92 Å². The lowest BCUT2D eigenvalue weighted by Gasteiger charge is -2.09. The second-order valence-corrected chi connectivity index (χ2v) is 6.27. The van der Waals surface area contributed by atoms with Crippen LogP contribution in [0.15, 0.2) is 84.0 Å². The van der Waals surface area contributed by atoms with Crippen LogP contribution >= 0.6 is 0 Å². The molecular formula is C23H23N3O2. The van der Waals surface area contributed by atoms with Crippen molar-refractivity contribution in [3.05, 3.63) is 95.6 Å². The quantitative estimate of drug-likeness (QED) is 0.461. The second kappa shape index (κ2) is 9.92. The molecule has 0 aliphatic heterocycles. The van der Waals surface area contributed by atoms with Gasteiger partial charge in [-0.3, -0.25) is 4.79 Å². The van der Waals surface area contributed by atoms with Crippen molar-refractivity contribution in [1.82, 2.24) is 5.43 Å². The van der Waals surface area contributed by atoms with E-state index in [0.717, 1.165) is 22.4 Å². The van der Waals surface area contributed by atoms with Crippen molar-refractivity contribution >= 4 is 17.8 Å². The monoisotopic (exact) mass is 373 g/mol. The molecule has 0 heterocycles. The molecule has 0 saturated heterocycles. The van der Waals surface area contributed by atoms with E-state index < -0.39 is 0 Å². The van der Waals surface area contributed by atoms with Gasteiger partial charge in [-0.15, -0.1) is 0 Å². The second-order valence-electron chi connectivity index (χ2n) is 6.27. The van der Waals surface area contributed by atoms with Crippen molar-refractivity contribution < 1.29 is 9.53 Å². The van der Waals surface area contributed by atoms with Crippen LogP contribution in [-0.2, 0) is 11.4 Å². The standard InChI is InChI=1S/C23H23N3O2/c1-18-9-5-7-13-21(18)24-16-23(27)26-25-15-20-12-6-8-14-22(20)28-17-19-10-3-2-4-11-19/h2-15,24H,16-17H2,1H3,(H,26,27)/b25-15+. The Morgan fingerprint density at radius 2 is 1.68 bits per heavy atom. The van der Waals surface area contributed by atoms with Gasteiger partial charge >= 0.3 is 0 Å². The maximum Gasteiger partial charge on any atom is 0.259 e. The number of para-hydroxylation sites is 2. The number of aryl methyl sites for hydroxylation is 1. The summed E-state index contributed by atoms with van der Waals surface area (Å²) < 4.78 is 5.88. The molecule has 0 unspecified atom stereocenters. The first-order valence-electron chi connectivity index (χ1n) is 9.09. The number of rotatable bonds is 8. The van der Waals surface area contributed by atoms with E-state index in [1.54, 1.807) is 6.21 Å². The Morgan fingerprint density at radius 3 is 2.50 bits per heavy atom. The van der Waals surface area contributed by atoms with Gasteiger partial charge in [0.25, 0.3) is 5.91 Å². The summed E-state index contributed by atoms with van der Waals surface area (Å²) in [4.78, 5) is 12.0. The van der Waals surface area contributed by atoms with Crippen LogP contribution in [0.3, 0.4) is 0 Å². The number of amides is 1. The van der Waals surface area contributed by atoms with E-state index in [1.165, 1.54) is 0 Å². The number of benzene rings is 3. The molecule has 3 aromatic rings. The highest BCUT2D eigenvalue weighted by Crippen LogP contribution is 2.17. The molecule has 0 aromatic heterocycles. The lowest BCUT2D eigenvalue weighted by atomic mass is 10.2. The number of carbonyl (C=O) groups excluding carboxylic acids is 1. The lowest BCUT2D eigenvalue weighted by Crippen LogP contribution is -2.26. The highest BCUT2D eigenvalue weighted by Gasteiger charge is 2.03. The smallest absolute Gasteiger partial charge is 0.259 e. The Hall–Kier alpha value is -3.60. The number of hydrogen-bond acceptors (Lipinski definition) is 4. The van der Waals surface area contributed by atoms with Gasteiger partial charge in [-0.05, 0) is 36.2 Å². The molecular weight excluding hydrogens is 350 g/mol. The molecule has 0 aliphatic carbocycles. The summed E-state index contributed by atoms with van der Waals surface area (Å²) in [6.45, 7) is 2.61. The van der Waals surface area contributed by atoms with E-state index in [-0.39, 0.29) is 12.5 Å². The van der Waals surface area contributed by atoms with Crippen LogP contribution in [0.4, 0.5) is 5.69 Å². The fraction of sp³-hybridized carbons (Fsp3) is 0.130. The third kappa shape index (κ3) is 5.71. The zero-order valence-corrected chi connectivity index (χ0v) is 15.8. The van der Waals surface area contributed by atoms with Gasteiger partial charge in [-0.1, -0.05) is 60.7 Å². The predicted octanol–water partition coefficient (Wildman–Crippen LogP) is 4.14. The van der Waals surface area contributed by atoms with Crippen LogP contribution in [0.2, 0.25) is 0 Å². The van der Waals surface area contributed by atoms with Gasteiger partial charge in [-0.25, -0.2) is 5.43 Å². The number of nitrogens with zero attached hydrogens (tertiary/aromatic N) is 1. The maximum atomic E-state index is 12.0. The third-order valence-electron chi connectivity index (χ3n) is 4.13. The molecule has 5 heteroatoms. The fourth-order valence-electron chi connectivity index (χ4n) is 2.61. The topological polar surface area (TPSA) is 62.7 Å². The minimum absolute atomic E-state index is 0.147. The van der Waals surface area contributed by atoms with Crippen LogP contribution in [0.1, 0.15) is 16.7 Å². The molecule has 0 spiro atoms. The number of ether oxygens (including phenoxy) is 1. The number of anilines is 1. The summed E-state index contributed by atoms with van der Waals surface area (Å²) in [7, 11) is 0. The summed E-state index contributed by atoms with van der Waals surface area (Å²) >= 11 is 0. The van der Waals surface area contributed by atoms with E-state index in [1.807, 2.05) is 85.8 Å². The van der Waals surface area contributed by atoms with Crippen LogP contribution in [0.25, 0.3) is 0 Å². The first-order valence-corrected chi connectivity index (χ1v) is 9.09. The van der Waals surface area contributed by atoms with E-state index in [4.69, 9.17) is 4.74 Å². The zero-order chi connectivity index (χ0) is 19.6. The highest BCUT2D eigenvalue weighted by molar-refractivity contribution is 5.86. The number of hydrogen-bond donors (Lipinski definition) is 2. The molecule has 2 N–H and O–H groups in total. The minimum Gasteiger partial charge on any atom is -0.488 e. The molecule has 0 bridgehead atoms. The van der Waals surface area contributed by atoms with Crippen molar-refractivity contribution in [2.45, 2.75) is 13.5 Å². The van der Waals surface area contributed by atoms with Crippen molar-refractivity contribution in [2.75, 3.05) is 11.9 Å². The van der Waals surface area contributed by atoms with Gasteiger partial charge in [0.05, 0.1) is 12.8 Å². The van der Waals surface area contributed by atoms with Crippen molar-refractivity contribution in [3.8, 4) is 5.75 Å². The van der Waals surface area contributed by atoms with E-state index in [0.29, 0.717) is 12.4 Å². The number of hydrazone groups is 1. The summed E-state index contributed by atoms with van der Waals surface area (Å²) in [6, 6.07) is 25.3. The number of nitrogens with one attached hydrogen (secondary N) is 2. The molecule has 5 nitrogen and oxygen atoms in total. The normalized spacial score (nSPS) is 10.6. The molecule has 0 radical (unpaired) electrons. The Labute approximate surface area is 165 Å². The minimum atomic E-state index is -0.220. The Morgan fingerprint density at radius 1 is 0.964 bits per heavy atom. The summed E-state index contributed by atoms with van der Waals surface area (Å²) in [5, 5.41) is 7.15. The first-order chi connectivity index (χ1) is 13.7. The van der Waals surface area contributed by atoms with Gasteiger partial charge in [0.15, 0.2) is 0 Å². The van der Waals surface area contributed by atoms with Gasteiger partial charge < -0.3 is 10.1 Å². The molecule has 0 fully saturated rings. The molecule has 28 heavy (non-hydrogen) atoms. The maximum absolute atomic E-state index is 12.0. The average Bonchev–Trinajstić information content (AvgIpc) is 2.73. The van der Waals surface area contributed by atoms with Crippen molar-refractivity contribution in [2.24, 2.45) is 5.10 Å². The van der Waals surface area contributed by atoms with Gasteiger partial charge in [0, 0.05) is 11.3 Å². The van der Waals surface area contributed by atoms with Crippen molar-refractivity contribution in [1.29, 1.82) is 0 Å². The van der Waals surface area contributed by atoms with E-state index >= 15 is 0 Å². The molecule has 0 saturated carbocycles. The first kappa shape index (κ1) is 19.2. The van der Waals surface area contributed by atoms with Gasteiger partial charge in [-0.2, -0.15) is 5.10 Å². The Kier molecular flexibility index (Phi) is 6.79. The number of carbonyl (C=O) groups is 1. The lowest BCUT2D eigenvalue weighted by molar-refractivity contribution is -0.119. The Bertz CT molecular complexity index is 939. The molecule has 3 rings (SSSR count). The SMILES string of the molecule is Cc1ccccc1NCC(=O)N/N=C/c1ccccc1OCc1ccccc1. The van der Waals surface area contributed by atoms with Crippen molar-refractivity contribution in [3.63, 3.8) is 0 Å². The van der Waals surface area contributed by atoms with Gasteiger partial charge in [0.2, 0.25) is 0 Å². The highest BCUT2D eigenvalue weighted by atomic mass is 16.5. The summed E-state index contributed by atoms with van der Waals surface area (Å²) in [5.74, 6) is 0.490. The molecule has 0 atom stereocenters. The summed E-state index contributed by atoms with van der Waals surface area (Å²) in [5.41, 5.74) is 6.44. The molecule has 1 amide bonds. The molecule has 3 aromatic carbocycles. The fourth-order valence-corrected chi connectivity index (χ4v) is 2.61. The average molecular weight is 373 g/mol. The summed E-state index contributed by atoms with van der Waals surface area (Å²) in [6.07, 6.45) is 1.59.